The second-order valence-electron chi connectivity index (χ2n) is 8.66. The van der Waals surface area contributed by atoms with Gasteiger partial charge < -0.3 is 9.47 Å². The minimum Gasteiger partial charge on any atom is -0.490 e. The van der Waals surface area contributed by atoms with Crippen molar-refractivity contribution in [2.75, 3.05) is 6.61 Å². The minimum absolute atomic E-state index is 0.119. The summed E-state index contributed by atoms with van der Waals surface area (Å²) in [4.78, 5) is 13.2. The average Bonchev–Trinajstić information content (AvgIpc) is 3.40. The number of hydrogen-bond donors (Lipinski definition) is 0. The molecule has 0 atom stereocenters. The van der Waals surface area contributed by atoms with Gasteiger partial charge in [0.25, 0.3) is 0 Å². The molecule has 5 heteroatoms. The number of ether oxygens (including phenoxy) is 2. The smallest absolute Gasteiger partial charge is 0.231 e. The molecule has 0 bridgehead atoms. The third-order valence-electron chi connectivity index (χ3n) is 6.15. The molecule has 0 saturated carbocycles. The van der Waals surface area contributed by atoms with Crippen LogP contribution in [0.1, 0.15) is 32.6 Å². The zero-order valence-electron chi connectivity index (χ0n) is 20.0. The van der Waals surface area contributed by atoms with Gasteiger partial charge in [-0.1, -0.05) is 30.9 Å². The Hall–Kier alpha value is -4.38. The van der Waals surface area contributed by atoms with Crippen molar-refractivity contribution in [2.45, 2.75) is 20.8 Å². The number of allylic oxidation sites excluding steroid dienone is 1. The largest absolute Gasteiger partial charge is 0.490 e. The highest BCUT2D eigenvalue weighted by Gasteiger charge is 2.29. The van der Waals surface area contributed by atoms with Crippen LogP contribution in [0.2, 0.25) is 0 Å². The van der Waals surface area contributed by atoms with Crippen molar-refractivity contribution >= 4 is 11.9 Å². The van der Waals surface area contributed by atoms with E-state index in [4.69, 9.17) is 14.6 Å². The summed E-state index contributed by atoms with van der Waals surface area (Å²) in [6.45, 7) is 10.2. The molecule has 0 fully saturated rings. The minimum atomic E-state index is -0.119. The summed E-state index contributed by atoms with van der Waals surface area (Å²) in [6.07, 6.45) is 5.43. The van der Waals surface area contributed by atoms with Crippen molar-refractivity contribution in [3.05, 3.63) is 113 Å². The summed E-state index contributed by atoms with van der Waals surface area (Å²) in [5, 5.41) is 4.90. The van der Waals surface area contributed by atoms with Crippen LogP contribution in [0.3, 0.4) is 0 Å². The van der Waals surface area contributed by atoms with Crippen LogP contribution < -0.4 is 9.47 Å². The van der Waals surface area contributed by atoms with Crippen LogP contribution in [0.5, 0.6) is 11.5 Å². The number of para-hydroxylation sites is 1. The molecule has 174 valence electrons. The summed E-state index contributed by atoms with van der Waals surface area (Å²) < 4.78 is 13.5. The number of nitrogens with zero attached hydrogens (tertiary/aromatic N) is 2. The topological polar surface area (TPSA) is 53.4 Å². The van der Waals surface area contributed by atoms with Gasteiger partial charge in [0.05, 0.1) is 11.3 Å². The van der Waals surface area contributed by atoms with Crippen LogP contribution in [0, 0.1) is 20.8 Å². The van der Waals surface area contributed by atoms with Crippen LogP contribution in [-0.2, 0) is 0 Å². The molecule has 35 heavy (non-hydrogen) atoms. The van der Waals surface area contributed by atoms with Crippen molar-refractivity contribution in [2.24, 2.45) is 0 Å². The lowest BCUT2D eigenvalue weighted by molar-refractivity contribution is 0.101. The molecule has 0 radical (unpaired) electrons. The van der Waals surface area contributed by atoms with Crippen LogP contribution in [0.15, 0.2) is 85.3 Å². The van der Waals surface area contributed by atoms with E-state index in [0.717, 1.165) is 44.9 Å². The van der Waals surface area contributed by atoms with Crippen molar-refractivity contribution in [3.8, 4) is 28.4 Å². The number of ketones is 1. The quantitative estimate of drug-likeness (QED) is 0.238. The Morgan fingerprint density at radius 1 is 0.971 bits per heavy atom. The van der Waals surface area contributed by atoms with E-state index in [0.29, 0.717) is 23.7 Å². The van der Waals surface area contributed by atoms with Crippen molar-refractivity contribution in [1.82, 2.24) is 9.78 Å². The summed E-state index contributed by atoms with van der Waals surface area (Å²) in [5.41, 5.74) is 7.19. The molecule has 0 spiro atoms. The zero-order valence-corrected chi connectivity index (χ0v) is 20.0. The van der Waals surface area contributed by atoms with E-state index >= 15 is 0 Å². The molecule has 0 amide bonds. The highest BCUT2D eigenvalue weighted by Crippen LogP contribution is 2.36. The predicted molar refractivity (Wildman–Crippen MR) is 138 cm³/mol. The van der Waals surface area contributed by atoms with E-state index in [2.05, 4.69) is 6.58 Å². The first-order valence-electron chi connectivity index (χ1n) is 11.5. The van der Waals surface area contributed by atoms with Crippen LogP contribution >= 0.6 is 0 Å². The molecular weight excluding hydrogens is 436 g/mol. The maximum atomic E-state index is 13.2. The normalized spacial score (nSPS) is 13.6. The van der Waals surface area contributed by atoms with E-state index in [9.17, 15) is 4.79 Å². The molecule has 0 saturated heterocycles. The molecule has 0 unspecified atom stereocenters. The number of aromatic nitrogens is 2. The molecule has 2 heterocycles. The molecular formula is C30H26N2O3. The highest BCUT2D eigenvalue weighted by atomic mass is 16.5. The Balaban J connectivity index is 1.60. The van der Waals surface area contributed by atoms with Gasteiger partial charge in [0, 0.05) is 17.3 Å². The zero-order chi connectivity index (χ0) is 24.5. The molecule has 1 aliphatic heterocycles. The van der Waals surface area contributed by atoms with Gasteiger partial charge in [-0.15, -0.1) is 0 Å². The lowest BCUT2D eigenvalue weighted by atomic mass is 10.0. The molecule has 1 aromatic heterocycles. The van der Waals surface area contributed by atoms with E-state index in [-0.39, 0.29) is 5.78 Å². The van der Waals surface area contributed by atoms with Crippen molar-refractivity contribution in [3.63, 3.8) is 0 Å². The fraction of sp³-hybridized carbons (Fsp3) is 0.133. The number of aryl methyl sites for hydroxylation is 3. The number of hydrogen-bond acceptors (Lipinski definition) is 4. The third-order valence-corrected chi connectivity index (χ3v) is 6.15. The molecule has 3 aromatic carbocycles. The lowest BCUT2D eigenvalue weighted by Crippen LogP contribution is -1.99. The Morgan fingerprint density at radius 2 is 1.74 bits per heavy atom. The summed E-state index contributed by atoms with van der Waals surface area (Å²) in [6, 6.07) is 19.6. The van der Waals surface area contributed by atoms with Gasteiger partial charge in [-0.05, 0) is 86.0 Å². The maximum Gasteiger partial charge on any atom is 0.231 e. The van der Waals surface area contributed by atoms with E-state index in [1.165, 1.54) is 0 Å². The highest BCUT2D eigenvalue weighted by molar-refractivity contribution is 6.14. The van der Waals surface area contributed by atoms with E-state index < -0.39 is 0 Å². The number of benzene rings is 3. The van der Waals surface area contributed by atoms with Gasteiger partial charge in [-0.25, -0.2) is 4.68 Å². The fourth-order valence-electron chi connectivity index (χ4n) is 4.15. The van der Waals surface area contributed by atoms with Gasteiger partial charge in [0.2, 0.25) is 5.78 Å². The number of carbonyl (C=O) groups excluding carboxylic acids is 1. The van der Waals surface area contributed by atoms with Crippen LogP contribution in [-0.4, -0.2) is 22.2 Å². The second kappa shape index (κ2) is 9.11. The van der Waals surface area contributed by atoms with E-state index in [1.807, 2.05) is 92.3 Å². The SMILES string of the molecule is C=CCOc1ccc(-c2nn(-c3ccccc3)cc2/C=C2\Oc3cc(C)c(C)cc3C2=O)c(C)c1. The maximum absolute atomic E-state index is 13.2. The Bertz CT molecular complexity index is 1480. The number of Topliss-reactive ketones (excluding diaryl/α,β-unsaturated/α-hetero) is 1. The number of carbonyl (C=O) groups is 1. The third kappa shape index (κ3) is 4.28. The first-order valence-corrected chi connectivity index (χ1v) is 11.5. The van der Waals surface area contributed by atoms with Gasteiger partial charge in [-0.2, -0.15) is 5.10 Å². The Kier molecular flexibility index (Phi) is 5.83. The average molecular weight is 463 g/mol. The number of rotatable bonds is 6. The summed E-state index contributed by atoms with van der Waals surface area (Å²) >= 11 is 0. The molecule has 0 aliphatic carbocycles. The van der Waals surface area contributed by atoms with Crippen molar-refractivity contribution in [1.29, 1.82) is 0 Å². The number of fused-ring (bicyclic) bond motifs is 1. The fourth-order valence-corrected chi connectivity index (χ4v) is 4.15. The van der Waals surface area contributed by atoms with Crippen LogP contribution in [0.25, 0.3) is 23.0 Å². The second-order valence-corrected chi connectivity index (χ2v) is 8.66. The standard InChI is InChI=1S/C30H26N2O3/c1-5-13-34-24-11-12-25(21(4)14-24)29-22(18-32(31-29)23-9-7-6-8-10-23)17-28-30(33)26-15-19(2)20(3)16-27(26)35-28/h5-12,14-18H,1,13H2,2-4H3/b28-17-. The van der Waals surface area contributed by atoms with Gasteiger partial charge in [-0.3, -0.25) is 4.79 Å². The molecule has 1 aliphatic rings. The molecule has 5 rings (SSSR count). The summed E-state index contributed by atoms with van der Waals surface area (Å²) in [7, 11) is 0. The summed E-state index contributed by atoms with van der Waals surface area (Å²) in [5.74, 6) is 1.54. The molecule has 4 aromatic rings. The first kappa shape index (κ1) is 22.4. The molecule has 5 nitrogen and oxygen atoms in total. The Morgan fingerprint density at radius 3 is 2.49 bits per heavy atom. The van der Waals surface area contributed by atoms with Crippen molar-refractivity contribution < 1.29 is 14.3 Å². The lowest BCUT2D eigenvalue weighted by Gasteiger charge is -2.09. The predicted octanol–water partition coefficient (Wildman–Crippen LogP) is 6.65. The van der Waals surface area contributed by atoms with Crippen LogP contribution in [0.4, 0.5) is 0 Å². The van der Waals surface area contributed by atoms with Gasteiger partial charge in [0.15, 0.2) is 5.76 Å². The Labute approximate surface area is 204 Å². The monoisotopic (exact) mass is 462 g/mol. The first-order chi connectivity index (χ1) is 16.9. The molecule has 0 N–H and O–H groups in total. The van der Waals surface area contributed by atoms with Gasteiger partial charge >= 0.3 is 0 Å². The van der Waals surface area contributed by atoms with E-state index in [1.54, 1.807) is 12.2 Å². The van der Waals surface area contributed by atoms with Gasteiger partial charge in [0.1, 0.15) is 23.8 Å².